The van der Waals surface area contributed by atoms with E-state index < -0.39 is 23.5 Å². The van der Waals surface area contributed by atoms with E-state index in [0.29, 0.717) is 37.3 Å². The predicted molar refractivity (Wildman–Crippen MR) is 95.8 cm³/mol. The van der Waals surface area contributed by atoms with Gasteiger partial charge < -0.3 is 18.6 Å². The molecule has 29 heavy (non-hydrogen) atoms. The van der Waals surface area contributed by atoms with E-state index in [9.17, 15) is 18.0 Å². The number of benzene rings is 1. The molecule has 2 aromatic heterocycles. The molecule has 1 atom stereocenters. The highest BCUT2D eigenvalue weighted by Crippen LogP contribution is 2.43. The Morgan fingerprint density at radius 1 is 1.38 bits per heavy atom. The van der Waals surface area contributed by atoms with Crippen molar-refractivity contribution < 1.29 is 36.6 Å². The highest BCUT2D eigenvalue weighted by Gasteiger charge is 2.42. The van der Waals surface area contributed by atoms with Gasteiger partial charge in [0.15, 0.2) is 0 Å². The van der Waals surface area contributed by atoms with Crippen LogP contribution in [0, 0.1) is 6.92 Å². The number of ether oxygens (including phenoxy) is 3. The molecule has 0 aliphatic carbocycles. The number of aromatic nitrogens is 2. The topological polar surface area (TPSA) is 75.7 Å². The molecule has 0 saturated carbocycles. The van der Waals surface area contributed by atoms with Crippen LogP contribution in [-0.4, -0.2) is 48.3 Å². The van der Waals surface area contributed by atoms with Gasteiger partial charge in [-0.1, -0.05) is 0 Å². The monoisotopic (exact) mass is 412 g/mol. The average molecular weight is 412 g/mol. The number of carbonyl (C=O) groups is 1. The van der Waals surface area contributed by atoms with Crippen LogP contribution in [0.5, 0.6) is 0 Å². The molecule has 0 radical (unpaired) electrons. The van der Waals surface area contributed by atoms with Crippen LogP contribution in [0.2, 0.25) is 0 Å². The van der Waals surface area contributed by atoms with Gasteiger partial charge in [0, 0.05) is 11.6 Å². The summed E-state index contributed by atoms with van der Waals surface area (Å²) in [5.41, 5.74) is -0.438. The Morgan fingerprint density at radius 2 is 2.17 bits per heavy atom. The lowest BCUT2D eigenvalue weighted by Gasteiger charge is -2.22. The number of halogens is 3. The molecule has 7 nitrogen and oxygen atoms in total. The van der Waals surface area contributed by atoms with Crippen LogP contribution in [0.4, 0.5) is 13.2 Å². The van der Waals surface area contributed by atoms with E-state index in [4.69, 9.17) is 18.6 Å². The van der Waals surface area contributed by atoms with Crippen LogP contribution in [0.25, 0.3) is 21.9 Å². The maximum absolute atomic E-state index is 13.9. The predicted octanol–water partition coefficient (Wildman–Crippen LogP) is 3.70. The SMILES string of the molecule is CCOC(=O)c1oc2cc(C)c3cn(C[C@H]4COCCO4)nc3c2c1C(F)(F)F. The molecule has 4 rings (SSSR count). The molecule has 156 valence electrons. The first-order chi connectivity index (χ1) is 13.8. The quantitative estimate of drug-likeness (QED) is 0.609. The first-order valence-electron chi connectivity index (χ1n) is 9.16. The van der Waals surface area contributed by atoms with E-state index in [-0.39, 0.29) is 29.2 Å². The molecule has 0 bridgehead atoms. The maximum Gasteiger partial charge on any atom is 0.421 e. The number of furan rings is 1. The summed E-state index contributed by atoms with van der Waals surface area (Å²) >= 11 is 0. The van der Waals surface area contributed by atoms with Gasteiger partial charge >= 0.3 is 12.1 Å². The van der Waals surface area contributed by atoms with Crippen molar-refractivity contribution in [2.75, 3.05) is 26.4 Å². The summed E-state index contributed by atoms with van der Waals surface area (Å²) in [5, 5.41) is 4.65. The molecule has 0 unspecified atom stereocenters. The van der Waals surface area contributed by atoms with Crippen molar-refractivity contribution in [2.45, 2.75) is 32.7 Å². The second-order valence-electron chi connectivity index (χ2n) is 6.77. The molecule has 1 aliphatic rings. The van der Waals surface area contributed by atoms with Crippen LogP contribution in [0.3, 0.4) is 0 Å². The zero-order valence-corrected chi connectivity index (χ0v) is 15.8. The second-order valence-corrected chi connectivity index (χ2v) is 6.77. The van der Waals surface area contributed by atoms with Gasteiger partial charge in [-0.3, -0.25) is 4.68 Å². The number of nitrogens with zero attached hydrogens (tertiary/aromatic N) is 2. The minimum absolute atomic E-state index is 0.0622. The third-order valence-electron chi connectivity index (χ3n) is 4.73. The highest BCUT2D eigenvalue weighted by atomic mass is 19.4. The fourth-order valence-corrected chi connectivity index (χ4v) is 3.51. The Kier molecular flexibility index (Phi) is 4.99. The van der Waals surface area contributed by atoms with Crippen molar-refractivity contribution >= 4 is 27.8 Å². The zero-order chi connectivity index (χ0) is 20.8. The van der Waals surface area contributed by atoms with Gasteiger partial charge in [0.1, 0.15) is 22.8 Å². The molecule has 3 aromatic rings. The van der Waals surface area contributed by atoms with Crippen molar-refractivity contribution in [3.63, 3.8) is 0 Å². The summed E-state index contributed by atoms with van der Waals surface area (Å²) < 4.78 is 64.2. The van der Waals surface area contributed by atoms with Crippen molar-refractivity contribution in [3.05, 3.63) is 29.2 Å². The summed E-state index contributed by atoms with van der Waals surface area (Å²) in [7, 11) is 0. The smallest absolute Gasteiger partial charge is 0.421 e. The lowest BCUT2D eigenvalue weighted by atomic mass is 10.0. The van der Waals surface area contributed by atoms with Gasteiger partial charge in [0.2, 0.25) is 5.76 Å². The third-order valence-corrected chi connectivity index (χ3v) is 4.73. The van der Waals surface area contributed by atoms with Crippen molar-refractivity contribution in [2.24, 2.45) is 0 Å². The molecule has 0 N–H and O–H groups in total. The lowest BCUT2D eigenvalue weighted by molar-refractivity contribution is -0.137. The fraction of sp³-hybridized carbons (Fsp3) is 0.474. The molecule has 1 saturated heterocycles. The average Bonchev–Trinajstić information content (AvgIpc) is 3.24. The van der Waals surface area contributed by atoms with Gasteiger partial charge in [0.25, 0.3) is 0 Å². The number of fused-ring (bicyclic) bond motifs is 3. The third kappa shape index (κ3) is 3.58. The van der Waals surface area contributed by atoms with E-state index >= 15 is 0 Å². The van der Waals surface area contributed by atoms with Crippen LogP contribution in [0.1, 0.15) is 28.6 Å². The van der Waals surface area contributed by atoms with Crippen molar-refractivity contribution in [1.29, 1.82) is 0 Å². The molecule has 0 spiro atoms. The van der Waals surface area contributed by atoms with Crippen molar-refractivity contribution in [1.82, 2.24) is 9.78 Å². The molecule has 0 amide bonds. The van der Waals surface area contributed by atoms with Gasteiger partial charge in [-0.15, -0.1) is 0 Å². The Bertz CT molecular complexity index is 1060. The standard InChI is InChI=1S/C19H19F3N2O5/c1-3-27-18(25)17-15(19(20,21)22)14-13(29-17)6-10(2)12-8-24(23-16(12)14)7-11-9-26-4-5-28-11/h6,8,11H,3-5,7,9H2,1-2H3/t11-/m0/s1. The number of rotatable bonds is 4. The Morgan fingerprint density at radius 3 is 2.83 bits per heavy atom. The van der Waals surface area contributed by atoms with Crippen LogP contribution in [0.15, 0.2) is 16.7 Å². The first kappa shape index (κ1) is 19.7. The number of carbonyl (C=O) groups excluding carboxylic acids is 1. The number of esters is 1. The molecule has 10 heteroatoms. The summed E-state index contributed by atoms with van der Waals surface area (Å²) in [6, 6.07) is 1.47. The lowest BCUT2D eigenvalue weighted by Crippen LogP contribution is -2.32. The highest BCUT2D eigenvalue weighted by molar-refractivity contribution is 6.10. The van der Waals surface area contributed by atoms with Crippen LogP contribution in [-0.2, 0) is 26.9 Å². The van der Waals surface area contributed by atoms with Gasteiger partial charge in [-0.2, -0.15) is 18.3 Å². The first-order valence-corrected chi connectivity index (χ1v) is 9.16. The van der Waals surface area contributed by atoms with Gasteiger partial charge in [-0.05, 0) is 25.5 Å². The van der Waals surface area contributed by atoms with Crippen LogP contribution < -0.4 is 0 Å². The zero-order valence-electron chi connectivity index (χ0n) is 15.8. The largest absolute Gasteiger partial charge is 0.460 e. The molecule has 1 aliphatic heterocycles. The van der Waals surface area contributed by atoms with E-state index in [1.54, 1.807) is 13.1 Å². The second kappa shape index (κ2) is 7.34. The van der Waals surface area contributed by atoms with Crippen LogP contribution >= 0.6 is 0 Å². The number of hydrogen-bond acceptors (Lipinski definition) is 6. The normalized spacial score (nSPS) is 17.9. The summed E-state index contributed by atoms with van der Waals surface area (Å²) in [6.45, 7) is 4.87. The minimum Gasteiger partial charge on any atom is -0.460 e. The van der Waals surface area contributed by atoms with Gasteiger partial charge in [-0.25, -0.2) is 4.79 Å². The van der Waals surface area contributed by atoms with E-state index in [1.165, 1.54) is 17.7 Å². The summed E-state index contributed by atoms with van der Waals surface area (Å²) in [4.78, 5) is 12.1. The minimum atomic E-state index is -4.82. The Balaban J connectivity index is 1.89. The summed E-state index contributed by atoms with van der Waals surface area (Å²) in [6.07, 6.45) is -3.39. The van der Waals surface area contributed by atoms with Crippen molar-refractivity contribution in [3.8, 4) is 0 Å². The summed E-state index contributed by atoms with van der Waals surface area (Å²) in [5.74, 6) is -2.02. The molecular formula is C19H19F3N2O5. The van der Waals surface area contributed by atoms with E-state index in [1.807, 2.05) is 0 Å². The fourth-order valence-electron chi connectivity index (χ4n) is 3.51. The van der Waals surface area contributed by atoms with E-state index in [0.717, 1.165) is 0 Å². The van der Waals surface area contributed by atoms with Gasteiger partial charge in [0.05, 0.1) is 38.4 Å². The molecule has 1 aromatic carbocycles. The number of hydrogen-bond donors (Lipinski definition) is 0. The Labute approximate surface area is 163 Å². The number of alkyl halides is 3. The molecule has 1 fully saturated rings. The maximum atomic E-state index is 13.9. The molecule has 3 heterocycles. The number of aryl methyl sites for hydroxylation is 1. The Hall–Kier alpha value is -2.59. The van der Waals surface area contributed by atoms with E-state index in [2.05, 4.69) is 5.10 Å². The molecular weight excluding hydrogens is 393 g/mol.